The molecule has 0 aliphatic heterocycles. The lowest BCUT2D eigenvalue weighted by atomic mass is 9.98. The van der Waals surface area contributed by atoms with Crippen molar-refractivity contribution in [2.75, 3.05) is 6.54 Å². The number of amides is 2. The zero-order valence-corrected chi connectivity index (χ0v) is 8.46. The summed E-state index contributed by atoms with van der Waals surface area (Å²) in [7, 11) is 0. The summed E-state index contributed by atoms with van der Waals surface area (Å²) >= 11 is 0. The van der Waals surface area contributed by atoms with Crippen LogP contribution in [0.15, 0.2) is 0 Å². The maximum atomic E-state index is 11.3. The van der Waals surface area contributed by atoms with Crippen LogP contribution >= 0.6 is 0 Å². The van der Waals surface area contributed by atoms with Gasteiger partial charge < -0.3 is 11.1 Å². The van der Waals surface area contributed by atoms with Crippen LogP contribution < -0.4 is 11.1 Å². The fourth-order valence-corrected chi connectivity index (χ4v) is 1.16. The highest BCUT2D eigenvalue weighted by Crippen LogP contribution is 2.10. The topological polar surface area (TPSA) is 72.2 Å². The van der Waals surface area contributed by atoms with E-state index in [0.717, 1.165) is 6.42 Å². The van der Waals surface area contributed by atoms with Gasteiger partial charge in [-0.3, -0.25) is 9.59 Å². The van der Waals surface area contributed by atoms with Gasteiger partial charge in [0, 0.05) is 5.92 Å². The molecule has 0 saturated heterocycles. The number of hydrogen-bond acceptors (Lipinski definition) is 2. The first-order valence-electron chi connectivity index (χ1n) is 4.49. The van der Waals surface area contributed by atoms with Crippen molar-refractivity contribution < 1.29 is 9.59 Å². The molecule has 0 aromatic heterocycles. The predicted molar refractivity (Wildman–Crippen MR) is 50.8 cm³/mol. The Morgan fingerprint density at radius 1 is 1.31 bits per heavy atom. The molecule has 2 amide bonds. The summed E-state index contributed by atoms with van der Waals surface area (Å²) in [6, 6.07) is 0. The largest absolute Gasteiger partial charge is 0.368 e. The molecule has 1 atom stereocenters. The zero-order chi connectivity index (χ0) is 10.4. The minimum absolute atomic E-state index is 0.0562. The normalized spacial score (nSPS) is 12.6. The molecule has 4 nitrogen and oxygen atoms in total. The molecule has 0 saturated carbocycles. The van der Waals surface area contributed by atoms with Crippen molar-refractivity contribution in [1.29, 1.82) is 0 Å². The molecule has 0 heterocycles. The molecule has 0 rings (SSSR count). The Kier molecular flexibility index (Phi) is 5.11. The van der Waals surface area contributed by atoms with E-state index in [-0.39, 0.29) is 18.4 Å². The van der Waals surface area contributed by atoms with E-state index in [0.29, 0.717) is 5.92 Å². The molecule has 0 spiro atoms. The van der Waals surface area contributed by atoms with Gasteiger partial charge in [0.05, 0.1) is 6.54 Å². The van der Waals surface area contributed by atoms with Crippen LogP contribution in [-0.4, -0.2) is 18.4 Å². The van der Waals surface area contributed by atoms with E-state index in [2.05, 4.69) is 19.2 Å². The summed E-state index contributed by atoms with van der Waals surface area (Å²) in [6.45, 7) is 5.88. The standard InChI is InChI=1S/C9H18N2O2/c1-6(2)4-7(3)9(13)11-5-8(10)12/h6-7H,4-5H2,1-3H3,(H2,10,12)(H,11,13). The Hall–Kier alpha value is -1.06. The lowest BCUT2D eigenvalue weighted by Crippen LogP contribution is -2.36. The van der Waals surface area contributed by atoms with E-state index in [1.807, 2.05) is 6.92 Å². The molecule has 0 bridgehead atoms. The quantitative estimate of drug-likeness (QED) is 0.647. The van der Waals surface area contributed by atoms with Crippen molar-refractivity contribution in [3.8, 4) is 0 Å². The first-order valence-corrected chi connectivity index (χ1v) is 4.49. The molecular weight excluding hydrogens is 168 g/mol. The number of rotatable bonds is 5. The van der Waals surface area contributed by atoms with Gasteiger partial charge in [-0.15, -0.1) is 0 Å². The van der Waals surface area contributed by atoms with Crippen LogP contribution in [-0.2, 0) is 9.59 Å². The van der Waals surface area contributed by atoms with Gasteiger partial charge in [0.25, 0.3) is 0 Å². The average Bonchev–Trinajstić information content (AvgIpc) is 1.98. The van der Waals surface area contributed by atoms with E-state index in [1.165, 1.54) is 0 Å². The second-order valence-corrected chi connectivity index (χ2v) is 3.71. The fraction of sp³-hybridized carbons (Fsp3) is 0.778. The summed E-state index contributed by atoms with van der Waals surface area (Å²) in [6.07, 6.45) is 0.824. The predicted octanol–water partition coefficient (Wildman–Crippen LogP) is 0.270. The minimum atomic E-state index is -0.509. The summed E-state index contributed by atoms with van der Waals surface area (Å²) in [4.78, 5) is 21.6. The maximum Gasteiger partial charge on any atom is 0.236 e. The zero-order valence-electron chi connectivity index (χ0n) is 8.46. The molecule has 76 valence electrons. The van der Waals surface area contributed by atoms with Gasteiger partial charge in [-0.05, 0) is 12.3 Å². The van der Waals surface area contributed by atoms with Crippen LogP contribution in [0.25, 0.3) is 0 Å². The Morgan fingerprint density at radius 2 is 1.85 bits per heavy atom. The minimum Gasteiger partial charge on any atom is -0.368 e. The smallest absolute Gasteiger partial charge is 0.236 e. The Balaban J connectivity index is 3.76. The first-order chi connectivity index (χ1) is 5.93. The number of nitrogens with two attached hydrogens (primary N) is 1. The highest BCUT2D eigenvalue weighted by Gasteiger charge is 2.14. The van der Waals surface area contributed by atoms with Gasteiger partial charge >= 0.3 is 0 Å². The van der Waals surface area contributed by atoms with Gasteiger partial charge in [0.1, 0.15) is 0 Å². The van der Waals surface area contributed by atoms with E-state index >= 15 is 0 Å². The van der Waals surface area contributed by atoms with Gasteiger partial charge in [0.15, 0.2) is 0 Å². The van der Waals surface area contributed by atoms with Crippen molar-refractivity contribution in [3.05, 3.63) is 0 Å². The molecule has 0 aromatic carbocycles. The third-order valence-corrected chi connectivity index (χ3v) is 1.71. The van der Waals surface area contributed by atoms with Gasteiger partial charge in [0.2, 0.25) is 11.8 Å². The second kappa shape index (κ2) is 5.56. The lowest BCUT2D eigenvalue weighted by molar-refractivity contribution is -0.127. The summed E-state index contributed by atoms with van der Waals surface area (Å²) in [5.41, 5.74) is 4.89. The lowest BCUT2D eigenvalue weighted by Gasteiger charge is -2.12. The van der Waals surface area contributed by atoms with Gasteiger partial charge in [-0.1, -0.05) is 20.8 Å². The number of hydrogen-bond donors (Lipinski definition) is 2. The highest BCUT2D eigenvalue weighted by molar-refractivity contribution is 5.84. The molecule has 0 aliphatic rings. The van der Waals surface area contributed by atoms with Crippen LogP contribution in [0.5, 0.6) is 0 Å². The number of carbonyl (C=O) groups excluding carboxylic acids is 2. The number of carbonyl (C=O) groups is 2. The fourth-order valence-electron chi connectivity index (χ4n) is 1.16. The Bertz CT molecular complexity index is 190. The highest BCUT2D eigenvalue weighted by atomic mass is 16.2. The van der Waals surface area contributed by atoms with E-state index in [4.69, 9.17) is 5.73 Å². The van der Waals surface area contributed by atoms with Crippen LogP contribution in [0.3, 0.4) is 0 Å². The summed E-state index contributed by atoms with van der Waals surface area (Å²) in [5.74, 6) is -0.189. The van der Waals surface area contributed by atoms with Crippen LogP contribution in [0.2, 0.25) is 0 Å². The van der Waals surface area contributed by atoms with Crippen molar-refractivity contribution in [2.45, 2.75) is 27.2 Å². The first kappa shape index (κ1) is 11.9. The van der Waals surface area contributed by atoms with Crippen molar-refractivity contribution in [2.24, 2.45) is 17.6 Å². The van der Waals surface area contributed by atoms with Crippen molar-refractivity contribution in [1.82, 2.24) is 5.32 Å². The van der Waals surface area contributed by atoms with Gasteiger partial charge in [-0.2, -0.15) is 0 Å². The van der Waals surface area contributed by atoms with E-state index in [1.54, 1.807) is 0 Å². The van der Waals surface area contributed by atoms with Crippen LogP contribution in [0.1, 0.15) is 27.2 Å². The summed E-state index contributed by atoms with van der Waals surface area (Å²) < 4.78 is 0. The molecule has 3 N–H and O–H groups in total. The van der Waals surface area contributed by atoms with Crippen molar-refractivity contribution in [3.63, 3.8) is 0 Å². The molecule has 0 radical (unpaired) electrons. The summed E-state index contributed by atoms with van der Waals surface area (Å²) in [5, 5.41) is 2.47. The SMILES string of the molecule is CC(C)CC(C)C(=O)NCC(N)=O. The maximum absolute atomic E-state index is 11.3. The number of nitrogens with one attached hydrogen (secondary N) is 1. The Labute approximate surface area is 78.9 Å². The average molecular weight is 186 g/mol. The van der Waals surface area contributed by atoms with Gasteiger partial charge in [-0.25, -0.2) is 0 Å². The van der Waals surface area contributed by atoms with Crippen LogP contribution in [0.4, 0.5) is 0 Å². The molecule has 13 heavy (non-hydrogen) atoms. The second-order valence-electron chi connectivity index (χ2n) is 3.71. The van der Waals surface area contributed by atoms with E-state index < -0.39 is 5.91 Å². The third-order valence-electron chi connectivity index (χ3n) is 1.71. The van der Waals surface area contributed by atoms with Crippen molar-refractivity contribution >= 4 is 11.8 Å². The molecule has 1 unspecified atom stereocenters. The number of primary amides is 1. The molecule has 0 aliphatic carbocycles. The molecule has 0 fully saturated rings. The molecular formula is C9H18N2O2. The van der Waals surface area contributed by atoms with Crippen LogP contribution in [0, 0.1) is 11.8 Å². The van der Waals surface area contributed by atoms with E-state index in [9.17, 15) is 9.59 Å². The molecule has 4 heteroatoms. The third kappa shape index (κ3) is 6.13. The molecule has 0 aromatic rings. The monoisotopic (exact) mass is 186 g/mol. The Morgan fingerprint density at radius 3 is 2.23 bits per heavy atom.